The second-order valence-electron chi connectivity index (χ2n) is 5.17. The third-order valence-electron chi connectivity index (χ3n) is 3.11. The number of alkyl halides is 3. The Balaban J connectivity index is 1.93. The minimum absolute atomic E-state index is 0.147. The molecule has 1 amide bonds. The number of benzene rings is 1. The molecule has 0 saturated heterocycles. The number of aromatic nitrogens is 3. The second kappa shape index (κ2) is 7.08. The molecule has 0 unspecified atom stereocenters. The zero-order valence-corrected chi connectivity index (χ0v) is 14.1. The monoisotopic (exact) mass is 380 g/mol. The number of carbonyl (C=O) groups excluding carboxylic acids is 1. The first kappa shape index (κ1) is 17.8. The molecule has 26 heavy (non-hydrogen) atoms. The molecule has 1 aromatic carbocycles. The van der Waals surface area contributed by atoms with E-state index in [4.69, 9.17) is 4.74 Å². The lowest BCUT2D eigenvalue weighted by Crippen LogP contribution is -2.14. The highest BCUT2D eigenvalue weighted by atomic mass is 32.1. The summed E-state index contributed by atoms with van der Waals surface area (Å²) in [6.07, 6.45) is -0.788. The Bertz CT molecular complexity index is 929. The van der Waals surface area contributed by atoms with E-state index in [1.165, 1.54) is 36.1 Å². The van der Waals surface area contributed by atoms with Crippen molar-refractivity contribution in [1.82, 2.24) is 15.0 Å². The van der Waals surface area contributed by atoms with Gasteiger partial charge in [-0.1, -0.05) is 0 Å². The van der Waals surface area contributed by atoms with Gasteiger partial charge in [0, 0.05) is 10.9 Å². The number of carbonyl (C=O) groups is 1. The first-order chi connectivity index (χ1) is 12.3. The van der Waals surface area contributed by atoms with E-state index in [-0.39, 0.29) is 17.1 Å². The van der Waals surface area contributed by atoms with Crippen molar-refractivity contribution < 1.29 is 22.7 Å². The zero-order valence-electron chi connectivity index (χ0n) is 13.2. The van der Waals surface area contributed by atoms with Gasteiger partial charge in [0.25, 0.3) is 5.91 Å². The Hall–Kier alpha value is -3.01. The lowest BCUT2D eigenvalue weighted by molar-refractivity contribution is -0.137. The number of aryl methyl sites for hydroxylation is 1. The Labute approximate surface area is 149 Å². The Kier molecular flexibility index (Phi) is 4.85. The highest BCUT2D eigenvalue weighted by Crippen LogP contribution is 2.34. The molecule has 0 atom stereocenters. The maximum absolute atomic E-state index is 13.2. The van der Waals surface area contributed by atoms with Crippen molar-refractivity contribution in [3.63, 3.8) is 0 Å². The minimum atomic E-state index is -4.64. The van der Waals surface area contributed by atoms with Gasteiger partial charge in [0.1, 0.15) is 12.1 Å². The number of rotatable bonds is 4. The molecule has 3 rings (SSSR count). The standard InChI is InChI=1S/C16H11F3N4O2S/c1-9-7-26-15(22-9)23-14(24)10-2-11(16(17,18)19)4-12(3-10)25-13-5-20-8-21-6-13/h2-8H,1H3,(H,22,23,24). The molecule has 6 nitrogen and oxygen atoms in total. The second-order valence-corrected chi connectivity index (χ2v) is 6.03. The molecule has 3 aromatic rings. The fourth-order valence-corrected chi connectivity index (χ4v) is 2.69. The predicted molar refractivity (Wildman–Crippen MR) is 88.4 cm³/mol. The van der Waals surface area contributed by atoms with Gasteiger partial charge in [-0.2, -0.15) is 13.2 Å². The fourth-order valence-electron chi connectivity index (χ4n) is 2.01. The number of ether oxygens (including phenoxy) is 1. The number of nitrogens with zero attached hydrogens (tertiary/aromatic N) is 3. The number of hydrogen-bond donors (Lipinski definition) is 1. The molecule has 2 heterocycles. The predicted octanol–water partition coefficient (Wildman–Crippen LogP) is 4.30. The number of anilines is 1. The molecular formula is C16H11F3N4O2S. The van der Waals surface area contributed by atoms with Gasteiger partial charge in [0.05, 0.1) is 23.7 Å². The largest absolute Gasteiger partial charge is 0.454 e. The quantitative estimate of drug-likeness (QED) is 0.730. The van der Waals surface area contributed by atoms with Crippen LogP contribution in [0.5, 0.6) is 11.5 Å². The molecule has 0 aliphatic heterocycles. The summed E-state index contributed by atoms with van der Waals surface area (Å²) in [6.45, 7) is 1.74. The molecule has 0 fully saturated rings. The van der Waals surface area contributed by atoms with Crippen LogP contribution in [-0.4, -0.2) is 20.9 Å². The van der Waals surface area contributed by atoms with Gasteiger partial charge in [-0.15, -0.1) is 11.3 Å². The van der Waals surface area contributed by atoms with E-state index in [1.807, 2.05) is 0 Å². The van der Waals surface area contributed by atoms with Crippen LogP contribution in [0.15, 0.2) is 42.3 Å². The Morgan fingerprint density at radius 3 is 2.50 bits per heavy atom. The number of nitrogens with one attached hydrogen (secondary N) is 1. The zero-order chi connectivity index (χ0) is 18.7. The molecule has 1 N–H and O–H groups in total. The normalized spacial score (nSPS) is 11.2. The lowest BCUT2D eigenvalue weighted by atomic mass is 10.1. The maximum Gasteiger partial charge on any atom is 0.416 e. The average Bonchev–Trinajstić information content (AvgIpc) is 2.99. The average molecular weight is 380 g/mol. The van der Waals surface area contributed by atoms with Crippen LogP contribution in [0.2, 0.25) is 0 Å². The molecule has 0 saturated carbocycles. The topological polar surface area (TPSA) is 77.0 Å². The summed E-state index contributed by atoms with van der Waals surface area (Å²) in [5.74, 6) is -0.733. The van der Waals surface area contributed by atoms with E-state index < -0.39 is 17.6 Å². The maximum atomic E-state index is 13.2. The van der Waals surface area contributed by atoms with Crippen LogP contribution >= 0.6 is 11.3 Å². The number of halogens is 3. The summed E-state index contributed by atoms with van der Waals surface area (Å²) in [5.41, 5.74) is -0.519. The van der Waals surface area contributed by atoms with Crippen molar-refractivity contribution in [2.45, 2.75) is 13.1 Å². The first-order valence-electron chi connectivity index (χ1n) is 7.20. The Morgan fingerprint density at radius 2 is 1.88 bits per heavy atom. The SMILES string of the molecule is Cc1csc(NC(=O)c2cc(Oc3cncnc3)cc(C(F)(F)F)c2)n1. The lowest BCUT2D eigenvalue weighted by Gasteiger charge is -2.12. The van der Waals surface area contributed by atoms with Crippen molar-refractivity contribution in [2.75, 3.05) is 5.32 Å². The van der Waals surface area contributed by atoms with Crippen LogP contribution in [0, 0.1) is 6.92 Å². The number of amides is 1. The van der Waals surface area contributed by atoms with Crippen LogP contribution in [0.25, 0.3) is 0 Å². The highest BCUT2D eigenvalue weighted by Gasteiger charge is 2.32. The number of hydrogen-bond acceptors (Lipinski definition) is 6. The molecule has 0 aliphatic carbocycles. The summed E-state index contributed by atoms with van der Waals surface area (Å²) in [4.78, 5) is 23.8. The third-order valence-corrected chi connectivity index (χ3v) is 3.98. The summed E-state index contributed by atoms with van der Waals surface area (Å²) in [5, 5.41) is 4.48. The Morgan fingerprint density at radius 1 is 1.15 bits per heavy atom. The third kappa shape index (κ3) is 4.33. The van der Waals surface area contributed by atoms with Crippen LogP contribution in [-0.2, 0) is 6.18 Å². The minimum Gasteiger partial charge on any atom is -0.454 e. The molecule has 0 aliphatic rings. The van der Waals surface area contributed by atoms with Gasteiger partial charge in [0.15, 0.2) is 10.9 Å². The van der Waals surface area contributed by atoms with Crippen molar-refractivity contribution in [2.24, 2.45) is 0 Å². The molecular weight excluding hydrogens is 369 g/mol. The molecule has 0 spiro atoms. The fraction of sp³-hybridized carbons (Fsp3) is 0.125. The van der Waals surface area contributed by atoms with E-state index in [1.54, 1.807) is 12.3 Å². The van der Waals surface area contributed by atoms with Gasteiger partial charge < -0.3 is 4.74 Å². The summed E-state index contributed by atoms with van der Waals surface area (Å²) >= 11 is 1.18. The first-order valence-corrected chi connectivity index (χ1v) is 8.08. The van der Waals surface area contributed by atoms with Crippen molar-refractivity contribution in [3.8, 4) is 11.5 Å². The van der Waals surface area contributed by atoms with E-state index in [9.17, 15) is 18.0 Å². The van der Waals surface area contributed by atoms with Gasteiger partial charge >= 0.3 is 6.18 Å². The smallest absolute Gasteiger partial charge is 0.416 e. The summed E-state index contributed by atoms with van der Waals surface area (Å²) in [7, 11) is 0. The van der Waals surface area contributed by atoms with Gasteiger partial charge in [-0.3, -0.25) is 10.1 Å². The van der Waals surface area contributed by atoms with E-state index >= 15 is 0 Å². The summed E-state index contributed by atoms with van der Waals surface area (Å²) in [6, 6.07) is 2.76. The summed E-state index contributed by atoms with van der Waals surface area (Å²) < 4.78 is 44.8. The van der Waals surface area contributed by atoms with Gasteiger partial charge in [-0.05, 0) is 25.1 Å². The van der Waals surface area contributed by atoms with E-state index in [0.717, 1.165) is 12.1 Å². The van der Waals surface area contributed by atoms with Crippen molar-refractivity contribution in [1.29, 1.82) is 0 Å². The van der Waals surface area contributed by atoms with Crippen LogP contribution in [0.3, 0.4) is 0 Å². The molecule has 0 bridgehead atoms. The van der Waals surface area contributed by atoms with Crippen LogP contribution < -0.4 is 10.1 Å². The van der Waals surface area contributed by atoms with Gasteiger partial charge in [0.2, 0.25) is 0 Å². The molecule has 0 radical (unpaired) electrons. The van der Waals surface area contributed by atoms with Gasteiger partial charge in [-0.25, -0.2) is 15.0 Å². The van der Waals surface area contributed by atoms with E-state index in [0.29, 0.717) is 10.8 Å². The van der Waals surface area contributed by atoms with Crippen molar-refractivity contribution >= 4 is 22.4 Å². The highest BCUT2D eigenvalue weighted by molar-refractivity contribution is 7.13. The van der Waals surface area contributed by atoms with Crippen molar-refractivity contribution in [3.05, 3.63) is 59.1 Å². The number of thiazole rings is 1. The molecule has 134 valence electrons. The van der Waals surface area contributed by atoms with Crippen LogP contribution in [0.4, 0.5) is 18.3 Å². The van der Waals surface area contributed by atoms with Crippen LogP contribution in [0.1, 0.15) is 21.6 Å². The van der Waals surface area contributed by atoms with E-state index in [2.05, 4.69) is 20.3 Å². The molecule has 10 heteroatoms. The molecule has 2 aromatic heterocycles.